The molecular weight excluding hydrogens is 282 g/mol. The van der Waals surface area contributed by atoms with E-state index in [2.05, 4.69) is 15.8 Å². The van der Waals surface area contributed by atoms with E-state index in [9.17, 15) is 9.59 Å². The number of carbonyl (C=O) groups excluding carboxylic acids is 1. The van der Waals surface area contributed by atoms with E-state index in [1.165, 1.54) is 18.3 Å². The van der Waals surface area contributed by atoms with Gasteiger partial charge in [0.15, 0.2) is 0 Å². The lowest BCUT2D eigenvalue weighted by Crippen LogP contribution is -2.24. The highest BCUT2D eigenvalue weighted by atomic mass is 16.4. The van der Waals surface area contributed by atoms with Crippen LogP contribution in [0.1, 0.15) is 21.5 Å². The number of rotatable bonds is 4. The molecule has 0 unspecified atom stereocenters. The molecule has 2 aromatic rings. The molecule has 3 N–H and O–H groups in total. The van der Waals surface area contributed by atoms with Gasteiger partial charge in [0.05, 0.1) is 11.8 Å². The molecule has 2 rings (SSSR count). The molecule has 0 fully saturated rings. The van der Waals surface area contributed by atoms with Crippen molar-refractivity contribution in [3.8, 4) is 0 Å². The lowest BCUT2D eigenvalue weighted by Gasteiger charge is -2.06. The van der Waals surface area contributed by atoms with E-state index in [4.69, 9.17) is 5.11 Å². The van der Waals surface area contributed by atoms with Crippen molar-refractivity contribution in [1.82, 2.24) is 5.43 Å². The molecule has 6 heteroatoms. The fourth-order valence-corrected chi connectivity index (χ4v) is 1.74. The van der Waals surface area contributed by atoms with Crippen molar-refractivity contribution in [3.05, 3.63) is 65.2 Å². The first-order chi connectivity index (χ1) is 10.6. The van der Waals surface area contributed by atoms with Crippen molar-refractivity contribution >= 4 is 23.9 Å². The summed E-state index contributed by atoms with van der Waals surface area (Å²) >= 11 is 0. The molecule has 2 amide bonds. The van der Waals surface area contributed by atoms with Gasteiger partial charge in [-0.15, -0.1) is 0 Å². The van der Waals surface area contributed by atoms with E-state index >= 15 is 0 Å². The summed E-state index contributed by atoms with van der Waals surface area (Å²) in [5, 5.41) is 15.3. The molecule has 0 heterocycles. The molecule has 2 aromatic carbocycles. The van der Waals surface area contributed by atoms with E-state index in [0.29, 0.717) is 11.3 Å². The van der Waals surface area contributed by atoms with Crippen molar-refractivity contribution in [2.24, 2.45) is 5.10 Å². The summed E-state index contributed by atoms with van der Waals surface area (Å²) in [6, 6.07) is 13.1. The third-order valence-corrected chi connectivity index (χ3v) is 2.93. The second-order valence-corrected chi connectivity index (χ2v) is 4.57. The summed E-state index contributed by atoms with van der Waals surface area (Å²) < 4.78 is 0. The maximum absolute atomic E-state index is 11.7. The zero-order valence-corrected chi connectivity index (χ0v) is 11.9. The lowest BCUT2D eigenvalue weighted by molar-refractivity contribution is 0.0697. The minimum Gasteiger partial charge on any atom is -0.478 e. The quantitative estimate of drug-likeness (QED) is 0.598. The molecule has 0 atom stereocenters. The molecule has 0 aliphatic heterocycles. The first-order valence-corrected chi connectivity index (χ1v) is 6.55. The second kappa shape index (κ2) is 7.03. The van der Waals surface area contributed by atoms with Gasteiger partial charge in [-0.3, -0.25) is 0 Å². The molecular formula is C16H15N3O3. The van der Waals surface area contributed by atoms with Crippen molar-refractivity contribution in [1.29, 1.82) is 0 Å². The van der Waals surface area contributed by atoms with Crippen LogP contribution in [-0.2, 0) is 0 Å². The number of aryl methyl sites for hydroxylation is 1. The Bertz CT molecular complexity index is 709. The standard InChI is InChI=1S/C16H15N3O3/c1-11-4-2-3-5-14(11)18-16(22)19-17-10-12-6-8-13(9-7-12)15(20)21/h2-10H,1H3,(H,20,21)(H2,18,19,22)/b17-10-. The van der Waals surface area contributed by atoms with E-state index in [-0.39, 0.29) is 5.56 Å². The Balaban J connectivity index is 1.90. The zero-order valence-electron chi connectivity index (χ0n) is 11.9. The largest absolute Gasteiger partial charge is 0.478 e. The number of carboxylic acid groups (broad SMARTS) is 1. The molecule has 22 heavy (non-hydrogen) atoms. The van der Waals surface area contributed by atoms with Crippen LogP contribution in [-0.4, -0.2) is 23.3 Å². The topological polar surface area (TPSA) is 90.8 Å². The SMILES string of the molecule is Cc1ccccc1NC(=O)N/N=C\c1ccc(C(=O)O)cc1. The highest BCUT2D eigenvalue weighted by Gasteiger charge is 2.02. The number of hydrazone groups is 1. The fourth-order valence-electron chi connectivity index (χ4n) is 1.74. The highest BCUT2D eigenvalue weighted by molar-refractivity contribution is 5.91. The summed E-state index contributed by atoms with van der Waals surface area (Å²) in [4.78, 5) is 22.4. The van der Waals surface area contributed by atoms with Crippen LogP contribution in [0.15, 0.2) is 53.6 Å². The lowest BCUT2D eigenvalue weighted by atomic mass is 10.1. The Morgan fingerprint density at radius 2 is 1.77 bits per heavy atom. The summed E-state index contributed by atoms with van der Waals surface area (Å²) in [6.45, 7) is 1.89. The first-order valence-electron chi connectivity index (χ1n) is 6.55. The Hall–Kier alpha value is -3.15. The minimum absolute atomic E-state index is 0.197. The molecule has 0 saturated heterocycles. The number of nitrogens with zero attached hydrogens (tertiary/aromatic N) is 1. The van der Waals surface area contributed by atoms with Crippen LogP contribution in [0.5, 0.6) is 0 Å². The van der Waals surface area contributed by atoms with Gasteiger partial charge in [-0.1, -0.05) is 30.3 Å². The number of para-hydroxylation sites is 1. The van der Waals surface area contributed by atoms with E-state index in [1.54, 1.807) is 18.2 Å². The van der Waals surface area contributed by atoms with Crippen molar-refractivity contribution in [2.45, 2.75) is 6.92 Å². The maximum atomic E-state index is 11.7. The normalized spacial score (nSPS) is 10.4. The molecule has 0 aromatic heterocycles. The molecule has 0 aliphatic carbocycles. The number of urea groups is 1. The molecule has 0 aliphatic rings. The number of carbonyl (C=O) groups is 2. The number of hydrogen-bond acceptors (Lipinski definition) is 3. The number of hydrogen-bond donors (Lipinski definition) is 3. The van der Waals surface area contributed by atoms with Gasteiger partial charge in [-0.2, -0.15) is 5.10 Å². The molecule has 0 bridgehead atoms. The van der Waals surface area contributed by atoms with E-state index < -0.39 is 12.0 Å². The van der Waals surface area contributed by atoms with Crippen LogP contribution in [0.4, 0.5) is 10.5 Å². The van der Waals surface area contributed by atoms with Gasteiger partial charge in [0, 0.05) is 5.69 Å². The van der Waals surface area contributed by atoms with Crippen molar-refractivity contribution in [3.63, 3.8) is 0 Å². The van der Waals surface area contributed by atoms with Crippen LogP contribution in [0.25, 0.3) is 0 Å². The number of nitrogens with one attached hydrogen (secondary N) is 2. The Kier molecular flexibility index (Phi) is 4.87. The first kappa shape index (κ1) is 15.2. The average Bonchev–Trinajstić information content (AvgIpc) is 2.50. The minimum atomic E-state index is -0.987. The molecule has 0 radical (unpaired) electrons. The van der Waals surface area contributed by atoms with Crippen LogP contribution in [0, 0.1) is 6.92 Å². The van der Waals surface area contributed by atoms with Crippen molar-refractivity contribution in [2.75, 3.05) is 5.32 Å². The summed E-state index contributed by atoms with van der Waals surface area (Å²) in [5.41, 5.74) is 4.88. The summed E-state index contributed by atoms with van der Waals surface area (Å²) in [7, 11) is 0. The van der Waals surface area contributed by atoms with Crippen LogP contribution < -0.4 is 10.7 Å². The number of amides is 2. The molecule has 6 nitrogen and oxygen atoms in total. The zero-order chi connectivity index (χ0) is 15.9. The smallest absolute Gasteiger partial charge is 0.339 e. The Labute approximate surface area is 127 Å². The fraction of sp³-hybridized carbons (Fsp3) is 0.0625. The molecule has 112 valence electrons. The van der Waals surface area contributed by atoms with Gasteiger partial charge in [0.2, 0.25) is 0 Å². The number of carboxylic acids is 1. The predicted octanol–water partition coefficient (Wildman–Crippen LogP) is 2.85. The number of aromatic carboxylic acids is 1. The second-order valence-electron chi connectivity index (χ2n) is 4.57. The van der Waals surface area contributed by atoms with Gasteiger partial charge >= 0.3 is 12.0 Å². The molecule has 0 saturated carbocycles. The van der Waals surface area contributed by atoms with Gasteiger partial charge in [0.1, 0.15) is 0 Å². The molecule has 0 spiro atoms. The van der Waals surface area contributed by atoms with Gasteiger partial charge in [0.25, 0.3) is 0 Å². The van der Waals surface area contributed by atoms with Crippen LogP contribution >= 0.6 is 0 Å². The predicted molar refractivity (Wildman–Crippen MR) is 84.3 cm³/mol. The third-order valence-electron chi connectivity index (χ3n) is 2.93. The average molecular weight is 297 g/mol. The number of benzene rings is 2. The van der Waals surface area contributed by atoms with Gasteiger partial charge in [-0.25, -0.2) is 15.0 Å². The van der Waals surface area contributed by atoms with E-state index in [1.807, 2.05) is 25.1 Å². The number of anilines is 1. The van der Waals surface area contributed by atoms with Gasteiger partial charge in [-0.05, 0) is 36.2 Å². The third kappa shape index (κ3) is 4.17. The Morgan fingerprint density at radius 1 is 1.09 bits per heavy atom. The highest BCUT2D eigenvalue weighted by Crippen LogP contribution is 2.12. The van der Waals surface area contributed by atoms with Gasteiger partial charge < -0.3 is 10.4 Å². The maximum Gasteiger partial charge on any atom is 0.339 e. The van der Waals surface area contributed by atoms with Crippen molar-refractivity contribution < 1.29 is 14.7 Å². The van der Waals surface area contributed by atoms with E-state index in [0.717, 1.165) is 5.56 Å². The Morgan fingerprint density at radius 3 is 2.41 bits per heavy atom. The van der Waals surface area contributed by atoms with Crippen LogP contribution in [0.2, 0.25) is 0 Å². The monoisotopic (exact) mass is 297 g/mol. The van der Waals surface area contributed by atoms with Crippen LogP contribution in [0.3, 0.4) is 0 Å². The summed E-state index contributed by atoms with van der Waals surface area (Å²) in [6.07, 6.45) is 1.43. The summed E-state index contributed by atoms with van der Waals surface area (Å²) in [5.74, 6) is -0.987.